The maximum absolute atomic E-state index is 11.8. The van der Waals surface area contributed by atoms with Crippen molar-refractivity contribution in [1.82, 2.24) is 0 Å². The molecule has 6 heteroatoms. The van der Waals surface area contributed by atoms with Gasteiger partial charge in [0.05, 0.1) is 27.9 Å². The van der Waals surface area contributed by atoms with E-state index in [-0.39, 0.29) is 18.0 Å². The van der Waals surface area contributed by atoms with Crippen LogP contribution in [0.5, 0.6) is 17.2 Å². The predicted molar refractivity (Wildman–Crippen MR) is 81.4 cm³/mol. The van der Waals surface area contributed by atoms with Crippen LogP contribution in [0, 0.1) is 0 Å². The Morgan fingerprint density at radius 2 is 1.59 bits per heavy atom. The first-order valence-electron chi connectivity index (χ1n) is 6.68. The summed E-state index contributed by atoms with van der Waals surface area (Å²) in [6, 6.07) is 3.28. The first-order valence-corrected chi connectivity index (χ1v) is 6.68. The molecule has 0 unspecified atom stereocenters. The van der Waals surface area contributed by atoms with Gasteiger partial charge in [0.1, 0.15) is 5.57 Å². The Hall–Kier alpha value is -2.50. The van der Waals surface area contributed by atoms with Crippen molar-refractivity contribution in [3.8, 4) is 17.2 Å². The molecule has 22 heavy (non-hydrogen) atoms. The molecule has 1 aromatic rings. The maximum atomic E-state index is 11.8. The minimum absolute atomic E-state index is 0.0453. The summed E-state index contributed by atoms with van der Waals surface area (Å²) in [4.78, 5) is 23.5. The summed E-state index contributed by atoms with van der Waals surface area (Å²) in [5.74, 6) is 0.248. The molecule has 0 bridgehead atoms. The lowest BCUT2D eigenvalue weighted by Gasteiger charge is -2.13. The minimum atomic E-state index is -0.663. The van der Waals surface area contributed by atoms with Gasteiger partial charge in [0.2, 0.25) is 5.75 Å². The summed E-state index contributed by atoms with van der Waals surface area (Å²) >= 11 is 0. The van der Waals surface area contributed by atoms with Gasteiger partial charge in [-0.15, -0.1) is 0 Å². The Kier molecular flexibility index (Phi) is 6.44. The molecule has 0 heterocycles. The second kappa shape index (κ2) is 8.07. The van der Waals surface area contributed by atoms with Crippen LogP contribution in [0.2, 0.25) is 0 Å². The van der Waals surface area contributed by atoms with Crippen molar-refractivity contribution in [3.63, 3.8) is 0 Å². The highest BCUT2D eigenvalue weighted by Crippen LogP contribution is 2.38. The largest absolute Gasteiger partial charge is 0.493 e. The predicted octanol–water partition coefficient (Wildman–Crippen LogP) is 2.25. The zero-order valence-corrected chi connectivity index (χ0v) is 13.4. The van der Waals surface area contributed by atoms with Gasteiger partial charge >= 0.3 is 5.97 Å². The Labute approximate surface area is 129 Å². The highest BCUT2D eigenvalue weighted by molar-refractivity contribution is 6.19. The summed E-state index contributed by atoms with van der Waals surface area (Å²) in [5, 5.41) is 0. The highest BCUT2D eigenvalue weighted by Gasteiger charge is 2.18. The van der Waals surface area contributed by atoms with E-state index in [0.29, 0.717) is 22.8 Å². The van der Waals surface area contributed by atoms with Gasteiger partial charge in [-0.05, 0) is 37.6 Å². The van der Waals surface area contributed by atoms with Crippen molar-refractivity contribution >= 4 is 17.8 Å². The molecule has 0 aliphatic carbocycles. The quantitative estimate of drug-likeness (QED) is 0.333. The number of esters is 1. The molecule has 120 valence electrons. The molecule has 0 spiro atoms. The van der Waals surface area contributed by atoms with E-state index in [1.165, 1.54) is 34.3 Å². The number of ketones is 1. The van der Waals surface area contributed by atoms with Gasteiger partial charge < -0.3 is 18.9 Å². The number of methoxy groups -OCH3 is 3. The number of hydrogen-bond acceptors (Lipinski definition) is 6. The summed E-state index contributed by atoms with van der Waals surface area (Å²) in [5.41, 5.74) is 0.517. The smallest absolute Gasteiger partial charge is 0.341 e. The molecule has 0 amide bonds. The topological polar surface area (TPSA) is 71.1 Å². The van der Waals surface area contributed by atoms with Crippen molar-refractivity contribution in [3.05, 3.63) is 23.3 Å². The van der Waals surface area contributed by atoms with Crippen molar-refractivity contribution in [2.45, 2.75) is 13.8 Å². The van der Waals surface area contributed by atoms with E-state index in [9.17, 15) is 9.59 Å². The Bertz CT molecular complexity index is 563. The summed E-state index contributed by atoms with van der Waals surface area (Å²) < 4.78 is 20.6. The summed E-state index contributed by atoms with van der Waals surface area (Å²) in [7, 11) is 4.47. The number of ether oxygens (including phenoxy) is 4. The van der Waals surface area contributed by atoms with E-state index in [0.717, 1.165) is 0 Å². The molecule has 1 rings (SSSR count). The highest BCUT2D eigenvalue weighted by atomic mass is 16.5. The van der Waals surface area contributed by atoms with E-state index >= 15 is 0 Å². The van der Waals surface area contributed by atoms with E-state index in [4.69, 9.17) is 18.9 Å². The molecule has 0 saturated heterocycles. The van der Waals surface area contributed by atoms with Gasteiger partial charge in [-0.25, -0.2) is 4.79 Å². The number of hydrogen-bond donors (Lipinski definition) is 0. The van der Waals surface area contributed by atoms with Gasteiger partial charge in [0.15, 0.2) is 17.3 Å². The van der Waals surface area contributed by atoms with Crippen LogP contribution >= 0.6 is 0 Å². The van der Waals surface area contributed by atoms with Crippen molar-refractivity contribution in [2.24, 2.45) is 0 Å². The van der Waals surface area contributed by atoms with E-state index in [2.05, 4.69) is 0 Å². The first kappa shape index (κ1) is 17.6. The van der Waals surface area contributed by atoms with Crippen LogP contribution in [0.4, 0.5) is 0 Å². The molecule has 1 aromatic carbocycles. The van der Waals surface area contributed by atoms with Crippen LogP contribution in [-0.4, -0.2) is 39.7 Å². The molecule has 0 fully saturated rings. The van der Waals surface area contributed by atoms with Crippen LogP contribution in [0.3, 0.4) is 0 Å². The minimum Gasteiger partial charge on any atom is -0.493 e. The molecular weight excluding hydrogens is 288 g/mol. The van der Waals surface area contributed by atoms with Crippen molar-refractivity contribution in [1.29, 1.82) is 0 Å². The normalized spacial score (nSPS) is 10.9. The van der Waals surface area contributed by atoms with Crippen LogP contribution in [0.25, 0.3) is 6.08 Å². The monoisotopic (exact) mass is 308 g/mol. The number of benzene rings is 1. The lowest BCUT2D eigenvalue weighted by Crippen LogP contribution is -2.13. The van der Waals surface area contributed by atoms with E-state index in [1.54, 1.807) is 19.1 Å². The maximum Gasteiger partial charge on any atom is 0.341 e. The standard InChI is InChI=1S/C16H20O6/c1-6-22-16(18)12(10(2)17)7-11-8-13(19-3)15(21-5)14(9-11)20-4/h7-9H,6H2,1-5H3/b12-7+. The van der Waals surface area contributed by atoms with Crippen LogP contribution in [0.15, 0.2) is 17.7 Å². The number of carbonyl (C=O) groups is 2. The summed E-state index contributed by atoms with van der Waals surface area (Å²) in [6.07, 6.45) is 1.44. The second-order valence-electron chi connectivity index (χ2n) is 4.29. The van der Waals surface area contributed by atoms with Crippen LogP contribution < -0.4 is 14.2 Å². The molecule has 0 aliphatic heterocycles. The molecule has 0 atom stereocenters. The fourth-order valence-corrected chi connectivity index (χ4v) is 1.86. The van der Waals surface area contributed by atoms with Gasteiger partial charge in [-0.1, -0.05) is 0 Å². The van der Waals surface area contributed by atoms with Crippen LogP contribution in [0.1, 0.15) is 19.4 Å². The number of rotatable bonds is 7. The lowest BCUT2D eigenvalue weighted by molar-refractivity contribution is -0.139. The fourth-order valence-electron chi connectivity index (χ4n) is 1.86. The summed E-state index contributed by atoms with van der Waals surface area (Å²) in [6.45, 7) is 3.18. The average molecular weight is 308 g/mol. The molecule has 6 nitrogen and oxygen atoms in total. The zero-order chi connectivity index (χ0) is 16.7. The molecule has 0 radical (unpaired) electrons. The van der Waals surface area contributed by atoms with Gasteiger partial charge in [0, 0.05) is 0 Å². The van der Waals surface area contributed by atoms with Gasteiger partial charge in [0.25, 0.3) is 0 Å². The fraction of sp³-hybridized carbons (Fsp3) is 0.375. The molecular formula is C16H20O6. The van der Waals surface area contributed by atoms with Gasteiger partial charge in [-0.3, -0.25) is 4.79 Å². The Morgan fingerprint density at radius 1 is 1.05 bits per heavy atom. The van der Waals surface area contributed by atoms with Crippen molar-refractivity contribution < 1.29 is 28.5 Å². The third-order valence-electron chi connectivity index (χ3n) is 2.87. The first-order chi connectivity index (χ1) is 10.5. The SMILES string of the molecule is CCOC(=O)/C(=C/c1cc(OC)c(OC)c(OC)c1)C(C)=O. The van der Waals surface area contributed by atoms with E-state index < -0.39 is 5.97 Å². The average Bonchev–Trinajstić information content (AvgIpc) is 2.51. The van der Waals surface area contributed by atoms with Gasteiger partial charge in [-0.2, -0.15) is 0 Å². The lowest BCUT2D eigenvalue weighted by atomic mass is 10.1. The third kappa shape index (κ3) is 4.00. The third-order valence-corrected chi connectivity index (χ3v) is 2.87. The molecule has 0 aliphatic rings. The Morgan fingerprint density at radius 3 is 1.95 bits per heavy atom. The van der Waals surface area contributed by atoms with E-state index in [1.807, 2.05) is 0 Å². The zero-order valence-electron chi connectivity index (χ0n) is 13.4. The molecule has 0 N–H and O–H groups in total. The molecule has 0 saturated carbocycles. The molecule has 0 aromatic heterocycles. The van der Waals surface area contributed by atoms with Crippen LogP contribution in [-0.2, 0) is 14.3 Å². The van der Waals surface area contributed by atoms with Crippen molar-refractivity contribution in [2.75, 3.05) is 27.9 Å². The number of Topliss-reactive ketones (excluding diaryl/α,β-unsaturated/α-hetero) is 1. The second-order valence-corrected chi connectivity index (χ2v) is 4.29. The Balaban J connectivity index is 3.38. The number of carbonyl (C=O) groups excluding carboxylic acids is 2.